The quantitative estimate of drug-likeness (QED) is 0.615. The zero-order chi connectivity index (χ0) is 6.15. The summed E-state index contributed by atoms with van der Waals surface area (Å²) >= 11 is 5.05. The molecule has 0 aliphatic rings. The summed E-state index contributed by atoms with van der Waals surface area (Å²) in [5, 5.41) is 1.12. The molecule has 0 atom stereocenters. The second-order valence-electron chi connectivity index (χ2n) is 1.59. The van der Waals surface area contributed by atoms with E-state index in [0.717, 1.165) is 14.5 Å². The van der Waals surface area contributed by atoms with Gasteiger partial charge in [0.1, 0.15) is 0 Å². The molecule has 0 amide bonds. The standard InChI is InChI=1S/C5H6BrNS/c1-3-5(6)8-4(2)7-3/h1-2H3. The highest BCUT2D eigenvalue weighted by Gasteiger charge is 1.97. The Labute approximate surface area is 60.9 Å². The SMILES string of the molecule is Cc1nc(C)c(Br)s1. The number of aryl methyl sites for hydroxylation is 2. The normalized spacial score (nSPS) is 9.88. The van der Waals surface area contributed by atoms with Crippen LogP contribution in [0.5, 0.6) is 0 Å². The van der Waals surface area contributed by atoms with Crippen LogP contribution in [-0.4, -0.2) is 4.98 Å². The van der Waals surface area contributed by atoms with Crippen molar-refractivity contribution in [3.05, 3.63) is 14.5 Å². The molecule has 1 nitrogen and oxygen atoms in total. The van der Waals surface area contributed by atoms with Gasteiger partial charge >= 0.3 is 0 Å². The van der Waals surface area contributed by atoms with Crippen molar-refractivity contribution in [2.45, 2.75) is 13.8 Å². The molecule has 8 heavy (non-hydrogen) atoms. The van der Waals surface area contributed by atoms with Crippen LogP contribution in [0, 0.1) is 13.8 Å². The predicted octanol–water partition coefficient (Wildman–Crippen LogP) is 2.52. The zero-order valence-electron chi connectivity index (χ0n) is 4.73. The van der Waals surface area contributed by atoms with Gasteiger partial charge in [-0.2, -0.15) is 0 Å². The van der Waals surface area contributed by atoms with Crippen LogP contribution in [0.4, 0.5) is 0 Å². The minimum absolute atomic E-state index is 1.09. The molecule has 0 radical (unpaired) electrons. The molecule has 0 N–H and O–H groups in total. The molecule has 1 rings (SSSR count). The van der Waals surface area contributed by atoms with Gasteiger partial charge in [0.05, 0.1) is 14.5 Å². The van der Waals surface area contributed by atoms with Crippen LogP contribution in [0.15, 0.2) is 3.79 Å². The maximum atomic E-state index is 4.18. The third-order valence-corrected chi connectivity index (χ3v) is 2.77. The average Bonchev–Trinajstić information content (AvgIpc) is 1.85. The smallest absolute Gasteiger partial charge is 0.0928 e. The van der Waals surface area contributed by atoms with Gasteiger partial charge in [0.2, 0.25) is 0 Å². The van der Waals surface area contributed by atoms with E-state index in [-0.39, 0.29) is 0 Å². The van der Waals surface area contributed by atoms with E-state index in [1.807, 2.05) is 13.8 Å². The first-order valence-corrected chi connectivity index (χ1v) is 3.90. The molecule has 0 aromatic carbocycles. The first kappa shape index (κ1) is 6.23. The first-order valence-electron chi connectivity index (χ1n) is 2.29. The average molecular weight is 192 g/mol. The Bertz CT molecular complexity index is 175. The summed E-state index contributed by atoms with van der Waals surface area (Å²) in [5.41, 5.74) is 1.09. The van der Waals surface area contributed by atoms with E-state index >= 15 is 0 Å². The molecule has 1 aromatic rings. The van der Waals surface area contributed by atoms with Gasteiger partial charge in [0.25, 0.3) is 0 Å². The van der Waals surface area contributed by atoms with Gasteiger partial charge in [-0.25, -0.2) is 4.98 Å². The van der Waals surface area contributed by atoms with Crippen molar-refractivity contribution in [2.75, 3.05) is 0 Å². The Morgan fingerprint density at radius 3 is 2.25 bits per heavy atom. The van der Waals surface area contributed by atoms with Crippen LogP contribution in [-0.2, 0) is 0 Å². The Morgan fingerprint density at radius 1 is 1.50 bits per heavy atom. The summed E-state index contributed by atoms with van der Waals surface area (Å²) in [6.07, 6.45) is 0. The Balaban J connectivity index is 3.14. The van der Waals surface area contributed by atoms with Crippen molar-refractivity contribution >= 4 is 27.3 Å². The molecule has 0 fully saturated rings. The number of hydrogen-bond donors (Lipinski definition) is 0. The zero-order valence-corrected chi connectivity index (χ0v) is 7.14. The Morgan fingerprint density at radius 2 is 2.12 bits per heavy atom. The second kappa shape index (κ2) is 2.15. The van der Waals surface area contributed by atoms with Crippen molar-refractivity contribution in [1.29, 1.82) is 0 Å². The fourth-order valence-corrected chi connectivity index (χ4v) is 1.93. The maximum Gasteiger partial charge on any atom is 0.0928 e. The highest BCUT2D eigenvalue weighted by atomic mass is 79.9. The van der Waals surface area contributed by atoms with Gasteiger partial charge in [-0.05, 0) is 29.8 Å². The van der Waals surface area contributed by atoms with Crippen LogP contribution in [0.25, 0.3) is 0 Å². The first-order chi connectivity index (χ1) is 3.70. The van der Waals surface area contributed by atoms with Crippen LogP contribution in [0.2, 0.25) is 0 Å². The monoisotopic (exact) mass is 191 g/mol. The fraction of sp³-hybridized carbons (Fsp3) is 0.400. The molecule has 44 valence electrons. The molecule has 0 spiro atoms. The number of aromatic nitrogens is 1. The number of halogens is 1. The number of hydrogen-bond acceptors (Lipinski definition) is 2. The number of thiazole rings is 1. The van der Waals surface area contributed by atoms with Crippen molar-refractivity contribution in [2.24, 2.45) is 0 Å². The highest BCUT2D eigenvalue weighted by molar-refractivity contribution is 9.11. The van der Waals surface area contributed by atoms with Gasteiger partial charge in [-0.3, -0.25) is 0 Å². The molecule has 0 aliphatic heterocycles. The molecular formula is C5H6BrNS. The minimum atomic E-state index is 1.09. The summed E-state index contributed by atoms with van der Waals surface area (Å²) in [7, 11) is 0. The summed E-state index contributed by atoms with van der Waals surface area (Å²) in [6, 6.07) is 0. The lowest BCUT2D eigenvalue weighted by Gasteiger charge is -1.75. The topological polar surface area (TPSA) is 12.9 Å². The van der Waals surface area contributed by atoms with E-state index in [1.54, 1.807) is 11.3 Å². The van der Waals surface area contributed by atoms with Crippen molar-refractivity contribution in [1.82, 2.24) is 4.98 Å². The highest BCUT2D eigenvalue weighted by Crippen LogP contribution is 2.22. The van der Waals surface area contributed by atoms with Crippen LogP contribution >= 0.6 is 27.3 Å². The predicted molar refractivity (Wildman–Crippen MR) is 39.3 cm³/mol. The van der Waals surface area contributed by atoms with Crippen LogP contribution in [0.1, 0.15) is 10.7 Å². The molecule has 3 heteroatoms. The molecule has 0 bridgehead atoms. The summed E-state index contributed by atoms with van der Waals surface area (Å²) in [4.78, 5) is 4.18. The lowest BCUT2D eigenvalue weighted by molar-refractivity contribution is 1.19. The van der Waals surface area contributed by atoms with Gasteiger partial charge in [0.15, 0.2) is 0 Å². The number of rotatable bonds is 0. The van der Waals surface area contributed by atoms with E-state index < -0.39 is 0 Å². The van der Waals surface area contributed by atoms with Gasteiger partial charge in [0, 0.05) is 0 Å². The molecular weight excluding hydrogens is 186 g/mol. The molecule has 0 saturated heterocycles. The van der Waals surface area contributed by atoms with Crippen LogP contribution < -0.4 is 0 Å². The van der Waals surface area contributed by atoms with Crippen LogP contribution in [0.3, 0.4) is 0 Å². The van der Waals surface area contributed by atoms with E-state index in [4.69, 9.17) is 0 Å². The molecule has 1 heterocycles. The van der Waals surface area contributed by atoms with Gasteiger partial charge in [-0.1, -0.05) is 0 Å². The molecule has 0 unspecified atom stereocenters. The van der Waals surface area contributed by atoms with Gasteiger partial charge < -0.3 is 0 Å². The third kappa shape index (κ3) is 1.09. The number of nitrogens with zero attached hydrogens (tertiary/aromatic N) is 1. The van der Waals surface area contributed by atoms with E-state index in [9.17, 15) is 0 Å². The van der Waals surface area contributed by atoms with Gasteiger partial charge in [-0.15, -0.1) is 11.3 Å². The van der Waals surface area contributed by atoms with Crippen molar-refractivity contribution < 1.29 is 0 Å². The third-order valence-electron chi connectivity index (χ3n) is 0.847. The Hall–Kier alpha value is 0.110. The Kier molecular flexibility index (Phi) is 1.68. The fourth-order valence-electron chi connectivity index (χ4n) is 0.506. The van der Waals surface area contributed by atoms with E-state index in [0.29, 0.717) is 0 Å². The summed E-state index contributed by atoms with van der Waals surface area (Å²) < 4.78 is 1.15. The van der Waals surface area contributed by atoms with Crippen molar-refractivity contribution in [3.63, 3.8) is 0 Å². The minimum Gasteiger partial charge on any atom is -0.246 e. The second-order valence-corrected chi connectivity index (χ2v) is 4.11. The van der Waals surface area contributed by atoms with Crippen molar-refractivity contribution in [3.8, 4) is 0 Å². The van der Waals surface area contributed by atoms with E-state index in [1.165, 1.54) is 0 Å². The molecule has 0 aliphatic carbocycles. The largest absolute Gasteiger partial charge is 0.246 e. The maximum absolute atomic E-state index is 4.18. The van der Waals surface area contributed by atoms with E-state index in [2.05, 4.69) is 20.9 Å². The lowest BCUT2D eigenvalue weighted by atomic mass is 10.6. The molecule has 0 saturated carbocycles. The summed E-state index contributed by atoms with van der Waals surface area (Å²) in [5.74, 6) is 0. The molecule has 1 aromatic heterocycles. The summed E-state index contributed by atoms with van der Waals surface area (Å²) in [6.45, 7) is 4.00. The lowest BCUT2D eigenvalue weighted by Crippen LogP contribution is -1.68.